The maximum atomic E-state index is 4.52. The van der Waals surface area contributed by atoms with Gasteiger partial charge in [0.1, 0.15) is 12.2 Å². The van der Waals surface area contributed by atoms with Gasteiger partial charge in [0, 0.05) is 30.3 Å². The highest BCUT2D eigenvalue weighted by Crippen LogP contribution is 2.23. The van der Waals surface area contributed by atoms with Crippen LogP contribution in [0.4, 0.5) is 0 Å². The molecule has 108 valence electrons. The molecule has 0 spiro atoms. The summed E-state index contributed by atoms with van der Waals surface area (Å²) in [7, 11) is 0. The average Bonchev–Trinajstić information content (AvgIpc) is 3.13. The molecule has 0 radical (unpaired) electrons. The predicted molar refractivity (Wildman–Crippen MR) is 84.2 cm³/mol. The highest BCUT2D eigenvalue weighted by molar-refractivity contribution is 7.99. The number of thioether (sulfide) groups is 1. The average molecular weight is 299 g/mol. The summed E-state index contributed by atoms with van der Waals surface area (Å²) in [5, 5.41) is 7.56. The fourth-order valence-electron chi connectivity index (χ4n) is 2.22. The molecule has 2 heterocycles. The molecule has 0 aliphatic heterocycles. The fourth-order valence-corrected chi connectivity index (χ4v) is 2.94. The van der Waals surface area contributed by atoms with Crippen LogP contribution in [0.1, 0.15) is 11.1 Å². The summed E-state index contributed by atoms with van der Waals surface area (Å²) < 4.78 is 2.19. The molecule has 0 aliphatic carbocycles. The van der Waals surface area contributed by atoms with E-state index in [1.165, 1.54) is 23.0 Å². The minimum absolute atomic E-state index is 0.850. The number of aromatic nitrogens is 5. The summed E-state index contributed by atoms with van der Waals surface area (Å²) in [6.07, 6.45) is 5.41. The molecule has 0 fully saturated rings. The molecule has 0 aliphatic rings. The second-order valence-corrected chi connectivity index (χ2v) is 5.99. The summed E-state index contributed by atoms with van der Waals surface area (Å²) in [6, 6.07) is 6.47. The number of hydrogen-bond donors (Lipinski definition) is 1. The van der Waals surface area contributed by atoms with Crippen LogP contribution in [0.5, 0.6) is 0 Å². The quantitative estimate of drug-likeness (QED) is 0.736. The van der Waals surface area contributed by atoms with Crippen LogP contribution in [0.15, 0.2) is 42.1 Å². The summed E-state index contributed by atoms with van der Waals surface area (Å²) >= 11 is 1.66. The van der Waals surface area contributed by atoms with Crippen LogP contribution in [-0.2, 0) is 6.54 Å². The van der Waals surface area contributed by atoms with Gasteiger partial charge in [-0.15, -0.1) is 0 Å². The molecule has 0 amide bonds. The van der Waals surface area contributed by atoms with Gasteiger partial charge in [-0.3, -0.25) is 5.10 Å². The number of H-pyrrole nitrogens is 1. The molecule has 3 rings (SSSR count). The third-order valence-corrected chi connectivity index (χ3v) is 4.17. The lowest BCUT2D eigenvalue weighted by molar-refractivity contribution is 0.777. The normalized spacial score (nSPS) is 11.0. The second-order valence-electron chi connectivity index (χ2n) is 4.90. The first-order valence-corrected chi connectivity index (χ1v) is 7.79. The number of nitrogens with zero attached hydrogens (tertiary/aromatic N) is 4. The number of benzene rings is 1. The Morgan fingerprint density at radius 3 is 2.95 bits per heavy atom. The number of rotatable bonds is 5. The summed E-state index contributed by atoms with van der Waals surface area (Å²) in [5.74, 6) is 1.94. The molecule has 0 saturated carbocycles. The topological polar surface area (TPSA) is 59.4 Å². The van der Waals surface area contributed by atoms with Crippen LogP contribution < -0.4 is 0 Å². The van der Waals surface area contributed by atoms with Crippen LogP contribution in [-0.4, -0.2) is 30.5 Å². The monoisotopic (exact) mass is 299 g/mol. The van der Waals surface area contributed by atoms with Gasteiger partial charge in [-0.1, -0.05) is 29.5 Å². The maximum Gasteiger partial charge on any atom is 0.183 e. The Labute approximate surface area is 127 Å². The SMILES string of the molecule is Cc1ccc(C)c(-c2nccn2CCSc2ncn[nH]2)c1. The third kappa shape index (κ3) is 3.16. The summed E-state index contributed by atoms with van der Waals surface area (Å²) in [6.45, 7) is 5.11. The van der Waals surface area contributed by atoms with E-state index in [1.54, 1.807) is 11.8 Å². The molecule has 0 atom stereocenters. The largest absolute Gasteiger partial charge is 0.330 e. The predicted octanol–water partition coefficient (Wildman–Crippen LogP) is 3.08. The third-order valence-electron chi connectivity index (χ3n) is 3.31. The zero-order chi connectivity index (χ0) is 14.7. The number of aromatic amines is 1. The van der Waals surface area contributed by atoms with Gasteiger partial charge in [0.05, 0.1) is 0 Å². The first-order chi connectivity index (χ1) is 10.2. The Bertz CT molecular complexity index is 718. The van der Waals surface area contributed by atoms with E-state index < -0.39 is 0 Å². The zero-order valence-corrected chi connectivity index (χ0v) is 12.9. The van der Waals surface area contributed by atoms with Crippen molar-refractivity contribution in [2.24, 2.45) is 0 Å². The molecule has 0 saturated heterocycles. The maximum absolute atomic E-state index is 4.52. The van der Waals surface area contributed by atoms with E-state index in [0.29, 0.717) is 0 Å². The summed E-state index contributed by atoms with van der Waals surface area (Å²) in [4.78, 5) is 8.63. The van der Waals surface area contributed by atoms with E-state index in [-0.39, 0.29) is 0 Å². The van der Waals surface area contributed by atoms with Crippen molar-refractivity contribution in [2.45, 2.75) is 25.5 Å². The lowest BCUT2D eigenvalue weighted by atomic mass is 10.1. The minimum atomic E-state index is 0.850. The number of nitrogens with one attached hydrogen (secondary N) is 1. The van der Waals surface area contributed by atoms with Gasteiger partial charge in [-0.25, -0.2) is 9.97 Å². The number of hydrogen-bond acceptors (Lipinski definition) is 4. The lowest BCUT2D eigenvalue weighted by Gasteiger charge is -2.10. The van der Waals surface area contributed by atoms with Gasteiger partial charge < -0.3 is 4.57 Å². The van der Waals surface area contributed by atoms with Crippen molar-refractivity contribution in [1.29, 1.82) is 0 Å². The molecule has 1 aromatic carbocycles. The molecule has 0 bridgehead atoms. The van der Waals surface area contributed by atoms with Crippen LogP contribution in [0.2, 0.25) is 0 Å². The summed E-state index contributed by atoms with van der Waals surface area (Å²) in [5.41, 5.74) is 3.70. The second kappa shape index (κ2) is 6.13. The molecular formula is C15H17N5S. The van der Waals surface area contributed by atoms with E-state index in [1.807, 2.05) is 12.4 Å². The number of imidazole rings is 1. The van der Waals surface area contributed by atoms with Crippen LogP contribution in [0.25, 0.3) is 11.4 Å². The number of aryl methyl sites for hydroxylation is 3. The van der Waals surface area contributed by atoms with Crippen molar-refractivity contribution in [3.63, 3.8) is 0 Å². The van der Waals surface area contributed by atoms with E-state index in [0.717, 1.165) is 23.3 Å². The molecule has 2 aromatic heterocycles. The molecule has 0 unspecified atom stereocenters. The minimum Gasteiger partial charge on any atom is -0.330 e. The van der Waals surface area contributed by atoms with Gasteiger partial charge >= 0.3 is 0 Å². The van der Waals surface area contributed by atoms with Crippen molar-refractivity contribution < 1.29 is 0 Å². The molecular weight excluding hydrogens is 282 g/mol. The van der Waals surface area contributed by atoms with Gasteiger partial charge in [-0.05, 0) is 25.5 Å². The lowest BCUT2D eigenvalue weighted by Crippen LogP contribution is -2.03. The molecule has 3 aromatic rings. The molecule has 1 N–H and O–H groups in total. The Hall–Kier alpha value is -2.08. The van der Waals surface area contributed by atoms with Gasteiger partial charge in [0.15, 0.2) is 5.16 Å². The van der Waals surface area contributed by atoms with Crippen molar-refractivity contribution >= 4 is 11.8 Å². The Morgan fingerprint density at radius 2 is 2.14 bits per heavy atom. The Morgan fingerprint density at radius 1 is 1.24 bits per heavy atom. The highest BCUT2D eigenvalue weighted by Gasteiger charge is 2.09. The Kier molecular flexibility index (Phi) is 4.06. The zero-order valence-electron chi connectivity index (χ0n) is 12.1. The van der Waals surface area contributed by atoms with Gasteiger partial charge in [0.2, 0.25) is 0 Å². The van der Waals surface area contributed by atoms with Crippen LogP contribution in [0.3, 0.4) is 0 Å². The van der Waals surface area contributed by atoms with Crippen LogP contribution >= 0.6 is 11.8 Å². The first kappa shape index (κ1) is 13.9. The smallest absolute Gasteiger partial charge is 0.183 e. The molecule has 5 nitrogen and oxygen atoms in total. The molecule has 21 heavy (non-hydrogen) atoms. The van der Waals surface area contributed by atoms with E-state index in [4.69, 9.17) is 0 Å². The highest BCUT2D eigenvalue weighted by atomic mass is 32.2. The van der Waals surface area contributed by atoms with Crippen molar-refractivity contribution in [2.75, 3.05) is 5.75 Å². The fraction of sp³-hybridized carbons (Fsp3) is 0.267. The van der Waals surface area contributed by atoms with E-state index in [9.17, 15) is 0 Å². The Balaban J connectivity index is 1.76. The van der Waals surface area contributed by atoms with Gasteiger partial charge in [-0.2, -0.15) is 5.10 Å². The van der Waals surface area contributed by atoms with E-state index in [2.05, 4.69) is 56.8 Å². The van der Waals surface area contributed by atoms with Crippen LogP contribution in [0, 0.1) is 13.8 Å². The van der Waals surface area contributed by atoms with Crippen molar-refractivity contribution in [3.05, 3.63) is 48.0 Å². The molecule has 6 heteroatoms. The van der Waals surface area contributed by atoms with Crippen molar-refractivity contribution in [3.8, 4) is 11.4 Å². The van der Waals surface area contributed by atoms with E-state index >= 15 is 0 Å². The van der Waals surface area contributed by atoms with Gasteiger partial charge in [0.25, 0.3) is 0 Å². The first-order valence-electron chi connectivity index (χ1n) is 6.81. The standard InChI is InChI=1S/C15H17N5S/c1-11-3-4-12(2)13(9-11)14-16-5-6-20(14)7-8-21-15-17-10-18-19-15/h3-6,9-10H,7-8H2,1-2H3,(H,17,18,19). The van der Waals surface area contributed by atoms with Crippen molar-refractivity contribution in [1.82, 2.24) is 24.7 Å².